The Morgan fingerprint density at radius 3 is 2.60 bits per heavy atom. The number of nitrogens with zero attached hydrogens (tertiary/aromatic N) is 4. The molecule has 0 saturated heterocycles. The van der Waals surface area contributed by atoms with Crippen molar-refractivity contribution in [3.63, 3.8) is 0 Å². The number of alkyl halides is 3. The predicted molar refractivity (Wildman–Crippen MR) is 88.0 cm³/mol. The molecular weight excluding hydrogens is 403 g/mol. The molecular formula is C15H13BrF3N5O. The number of hydrogen-bond donors (Lipinski definition) is 2. The van der Waals surface area contributed by atoms with Crippen LogP contribution < -0.4 is 5.32 Å². The van der Waals surface area contributed by atoms with Gasteiger partial charge in [0.1, 0.15) is 5.82 Å². The second kappa shape index (κ2) is 6.96. The van der Waals surface area contributed by atoms with Crippen LogP contribution in [0.2, 0.25) is 0 Å². The summed E-state index contributed by atoms with van der Waals surface area (Å²) in [4.78, 5) is 0. The SMILES string of the molecule is OCC[C@@H](Nc1ccc2nnc(C(F)(F)F)n2n1)c1ccccc1Br. The molecule has 6 nitrogen and oxygen atoms in total. The first-order valence-electron chi connectivity index (χ1n) is 7.31. The standard InChI is InChI=1S/C15H13BrF3N5O/c16-10-4-2-1-3-9(10)11(7-8-25)20-12-5-6-13-21-22-14(15(17,18)19)24(13)23-12/h1-6,11,25H,7-8H2,(H,20,23)/t11-/m1/s1. The molecule has 0 aliphatic heterocycles. The van der Waals surface area contributed by atoms with Crippen LogP contribution in [0, 0.1) is 0 Å². The van der Waals surface area contributed by atoms with Crippen molar-refractivity contribution < 1.29 is 18.3 Å². The lowest BCUT2D eigenvalue weighted by Crippen LogP contribution is -2.16. The van der Waals surface area contributed by atoms with Crippen molar-refractivity contribution in [1.29, 1.82) is 0 Å². The summed E-state index contributed by atoms with van der Waals surface area (Å²) in [7, 11) is 0. The Kier molecular flexibility index (Phi) is 4.91. The summed E-state index contributed by atoms with van der Waals surface area (Å²) in [5.41, 5.74) is 0.857. The molecule has 1 aromatic carbocycles. The van der Waals surface area contributed by atoms with Crippen molar-refractivity contribution in [3.05, 3.63) is 52.3 Å². The Morgan fingerprint density at radius 2 is 1.92 bits per heavy atom. The minimum Gasteiger partial charge on any atom is -0.396 e. The number of benzene rings is 1. The average molecular weight is 416 g/mol. The van der Waals surface area contributed by atoms with Gasteiger partial charge in [-0.25, -0.2) is 0 Å². The Balaban J connectivity index is 1.96. The molecule has 0 amide bonds. The molecule has 0 unspecified atom stereocenters. The highest BCUT2D eigenvalue weighted by atomic mass is 79.9. The molecule has 25 heavy (non-hydrogen) atoms. The third kappa shape index (κ3) is 3.74. The molecule has 3 rings (SSSR count). The molecule has 10 heteroatoms. The van der Waals surface area contributed by atoms with Crippen LogP contribution in [-0.2, 0) is 6.18 Å². The maximum absolute atomic E-state index is 13.0. The van der Waals surface area contributed by atoms with E-state index in [0.29, 0.717) is 10.9 Å². The Hall–Kier alpha value is -2.20. The number of rotatable bonds is 5. The molecule has 0 fully saturated rings. The Morgan fingerprint density at radius 1 is 1.16 bits per heavy atom. The van der Waals surface area contributed by atoms with Gasteiger partial charge in [0.25, 0.3) is 5.82 Å². The van der Waals surface area contributed by atoms with Gasteiger partial charge in [-0.2, -0.15) is 17.7 Å². The van der Waals surface area contributed by atoms with Gasteiger partial charge in [0.15, 0.2) is 5.65 Å². The zero-order valence-electron chi connectivity index (χ0n) is 12.7. The van der Waals surface area contributed by atoms with Gasteiger partial charge in [-0.05, 0) is 30.2 Å². The van der Waals surface area contributed by atoms with Crippen molar-refractivity contribution in [2.24, 2.45) is 0 Å². The first-order valence-corrected chi connectivity index (χ1v) is 8.11. The van der Waals surface area contributed by atoms with E-state index in [2.05, 4.69) is 36.5 Å². The van der Waals surface area contributed by atoms with Crippen molar-refractivity contribution in [1.82, 2.24) is 19.8 Å². The smallest absolute Gasteiger partial charge is 0.396 e. The normalized spacial score (nSPS) is 13.2. The van der Waals surface area contributed by atoms with Crippen LogP contribution in [0.5, 0.6) is 0 Å². The maximum atomic E-state index is 13.0. The molecule has 0 spiro atoms. The topological polar surface area (TPSA) is 75.3 Å². The zero-order valence-corrected chi connectivity index (χ0v) is 14.3. The second-order valence-corrected chi connectivity index (χ2v) is 6.09. The molecule has 0 aliphatic carbocycles. The minimum atomic E-state index is -4.65. The van der Waals surface area contributed by atoms with Gasteiger partial charge in [0, 0.05) is 11.1 Å². The maximum Gasteiger partial charge on any atom is 0.453 e. The van der Waals surface area contributed by atoms with Crippen LogP contribution in [-0.4, -0.2) is 31.5 Å². The van der Waals surface area contributed by atoms with Gasteiger partial charge >= 0.3 is 6.18 Å². The van der Waals surface area contributed by atoms with Crippen LogP contribution in [0.4, 0.5) is 19.0 Å². The highest BCUT2D eigenvalue weighted by Gasteiger charge is 2.37. The summed E-state index contributed by atoms with van der Waals surface area (Å²) in [5, 5.41) is 22.9. The van der Waals surface area contributed by atoms with E-state index >= 15 is 0 Å². The molecule has 0 radical (unpaired) electrons. The Bertz CT molecular complexity index is 883. The number of anilines is 1. The van der Waals surface area contributed by atoms with Crippen molar-refractivity contribution in [2.45, 2.75) is 18.6 Å². The molecule has 1 atom stereocenters. The van der Waals surface area contributed by atoms with Gasteiger partial charge in [-0.3, -0.25) is 0 Å². The van der Waals surface area contributed by atoms with E-state index in [1.54, 1.807) is 0 Å². The third-order valence-corrected chi connectivity index (χ3v) is 4.26. The first-order chi connectivity index (χ1) is 11.9. The summed E-state index contributed by atoms with van der Waals surface area (Å²) >= 11 is 3.44. The summed E-state index contributed by atoms with van der Waals surface area (Å²) < 4.78 is 40.4. The lowest BCUT2D eigenvalue weighted by atomic mass is 10.0. The fourth-order valence-corrected chi connectivity index (χ4v) is 2.97. The van der Waals surface area contributed by atoms with Crippen LogP contribution >= 0.6 is 15.9 Å². The molecule has 0 saturated carbocycles. The van der Waals surface area contributed by atoms with E-state index in [-0.39, 0.29) is 24.1 Å². The number of fused-ring (bicyclic) bond motifs is 1. The fraction of sp³-hybridized carbons (Fsp3) is 0.267. The van der Waals surface area contributed by atoms with Crippen LogP contribution in [0.25, 0.3) is 5.65 Å². The first kappa shape index (κ1) is 17.6. The van der Waals surface area contributed by atoms with Gasteiger partial charge in [0.2, 0.25) is 0 Å². The third-order valence-electron chi connectivity index (χ3n) is 3.54. The minimum absolute atomic E-state index is 0.00234. The van der Waals surface area contributed by atoms with Gasteiger partial charge in [-0.1, -0.05) is 34.1 Å². The fourth-order valence-electron chi connectivity index (χ4n) is 2.41. The molecule has 0 bridgehead atoms. The molecule has 2 aromatic heterocycles. The van der Waals surface area contributed by atoms with Gasteiger partial charge in [-0.15, -0.1) is 15.3 Å². The Labute approximate surface area is 148 Å². The van der Waals surface area contributed by atoms with E-state index in [0.717, 1.165) is 10.0 Å². The molecule has 2 heterocycles. The van der Waals surface area contributed by atoms with Gasteiger partial charge in [0.05, 0.1) is 6.04 Å². The zero-order chi connectivity index (χ0) is 18.0. The van der Waals surface area contributed by atoms with Crippen molar-refractivity contribution in [3.8, 4) is 0 Å². The van der Waals surface area contributed by atoms with E-state index in [1.807, 2.05) is 24.3 Å². The molecule has 2 N–H and O–H groups in total. The molecule has 3 aromatic rings. The quantitative estimate of drug-likeness (QED) is 0.667. The largest absolute Gasteiger partial charge is 0.453 e. The molecule has 0 aliphatic rings. The van der Waals surface area contributed by atoms with Crippen molar-refractivity contribution >= 4 is 27.4 Å². The monoisotopic (exact) mass is 415 g/mol. The number of aliphatic hydroxyl groups is 1. The molecule has 132 valence electrons. The van der Waals surface area contributed by atoms with E-state index < -0.39 is 12.0 Å². The van der Waals surface area contributed by atoms with Crippen molar-refractivity contribution in [2.75, 3.05) is 11.9 Å². The number of halogens is 4. The summed E-state index contributed by atoms with van der Waals surface area (Å²) in [6.45, 7) is -0.0956. The average Bonchev–Trinajstić information content (AvgIpc) is 2.98. The lowest BCUT2D eigenvalue weighted by Gasteiger charge is -2.20. The predicted octanol–water partition coefficient (Wildman–Crippen LogP) is 3.44. The van der Waals surface area contributed by atoms with Gasteiger partial charge < -0.3 is 10.4 Å². The number of nitrogens with one attached hydrogen (secondary N) is 1. The van der Waals surface area contributed by atoms with E-state index in [4.69, 9.17) is 0 Å². The van der Waals surface area contributed by atoms with Crippen LogP contribution in [0.15, 0.2) is 40.9 Å². The number of hydrogen-bond acceptors (Lipinski definition) is 5. The highest BCUT2D eigenvalue weighted by Crippen LogP contribution is 2.30. The number of aromatic nitrogens is 4. The summed E-state index contributed by atoms with van der Waals surface area (Å²) in [6.07, 6.45) is -4.30. The number of aliphatic hydroxyl groups excluding tert-OH is 1. The van der Waals surface area contributed by atoms with E-state index in [1.165, 1.54) is 12.1 Å². The van der Waals surface area contributed by atoms with Crippen LogP contribution in [0.3, 0.4) is 0 Å². The highest BCUT2D eigenvalue weighted by molar-refractivity contribution is 9.10. The summed E-state index contributed by atoms with van der Waals surface area (Å²) in [6, 6.07) is 9.97. The van der Waals surface area contributed by atoms with E-state index in [9.17, 15) is 18.3 Å². The lowest BCUT2D eigenvalue weighted by molar-refractivity contribution is -0.146. The van der Waals surface area contributed by atoms with Crippen LogP contribution in [0.1, 0.15) is 23.9 Å². The second-order valence-electron chi connectivity index (χ2n) is 5.24. The summed E-state index contributed by atoms with van der Waals surface area (Å²) in [5.74, 6) is -0.974.